The predicted molar refractivity (Wildman–Crippen MR) is 99.7 cm³/mol. The lowest BCUT2D eigenvalue weighted by Gasteiger charge is -2.16. The van der Waals surface area contributed by atoms with Crippen molar-refractivity contribution < 1.29 is 9.59 Å². The molecule has 0 aliphatic carbocycles. The zero-order valence-corrected chi connectivity index (χ0v) is 15.5. The van der Waals surface area contributed by atoms with Crippen molar-refractivity contribution in [2.24, 2.45) is 0 Å². The lowest BCUT2D eigenvalue weighted by atomic mass is 10.1. The van der Waals surface area contributed by atoms with Gasteiger partial charge in [-0.25, -0.2) is 0 Å². The zero-order chi connectivity index (χ0) is 18.5. The number of carbonyl (C=O) groups is 2. The summed E-state index contributed by atoms with van der Waals surface area (Å²) >= 11 is 0. The minimum atomic E-state index is -0.0760. The van der Waals surface area contributed by atoms with Crippen LogP contribution in [0.5, 0.6) is 0 Å². The molecule has 1 aliphatic heterocycles. The molecule has 0 saturated carbocycles. The van der Waals surface area contributed by atoms with E-state index in [0.29, 0.717) is 25.1 Å². The number of aromatic nitrogens is 2. The van der Waals surface area contributed by atoms with E-state index in [0.717, 1.165) is 42.9 Å². The van der Waals surface area contributed by atoms with Gasteiger partial charge < -0.3 is 10.2 Å². The maximum atomic E-state index is 12.4. The van der Waals surface area contributed by atoms with E-state index < -0.39 is 0 Å². The van der Waals surface area contributed by atoms with Crippen molar-refractivity contribution >= 4 is 11.8 Å². The van der Waals surface area contributed by atoms with Gasteiger partial charge in [0.25, 0.3) is 5.91 Å². The maximum Gasteiger partial charge on any atom is 0.251 e. The smallest absolute Gasteiger partial charge is 0.251 e. The average Bonchev–Trinajstić information content (AvgIpc) is 3.16. The average molecular weight is 354 g/mol. The molecule has 0 radical (unpaired) electrons. The highest BCUT2D eigenvalue weighted by atomic mass is 16.2. The van der Waals surface area contributed by atoms with Crippen LogP contribution in [0.3, 0.4) is 0 Å². The fourth-order valence-electron chi connectivity index (χ4n) is 3.34. The largest absolute Gasteiger partial charge is 0.352 e. The Bertz CT molecular complexity index is 797. The number of hydrogen-bond acceptors (Lipinski definition) is 3. The van der Waals surface area contributed by atoms with Crippen molar-refractivity contribution in [3.8, 4) is 0 Å². The van der Waals surface area contributed by atoms with E-state index >= 15 is 0 Å². The molecule has 6 heteroatoms. The molecule has 138 valence electrons. The lowest BCUT2D eigenvalue weighted by molar-refractivity contribution is -0.128. The predicted octanol–water partition coefficient (Wildman–Crippen LogP) is 2.44. The van der Waals surface area contributed by atoms with Gasteiger partial charge in [0.2, 0.25) is 5.91 Å². The van der Waals surface area contributed by atoms with Crippen LogP contribution >= 0.6 is 0 Å². The van der Waals surface area contributed by atoms with Crippen LogP contribution < -0.4 is 5.32 Å². The molecule has 1 aliphatic rings. The van der Waals surface area contributed by atoms with E-state index in [2.05, 4.69) is 16.5 Å². The van der Waals surface area contributed by atoms with Crippen molar-refractivity contribution in [3.05, 3.63) is 52.8 Å². The van der Waals surface area contributed by atoms with Crippen LogP contribution in [0.1, 0.15) is 46.6 Å². The second kappa shape index (κ2) is 8.17. The van der Waals surface area contributed by atoms with Gasteiger partial charge in [0.15, 0.2) is 0 Å². The third kappa shape index (κ3) is 4.50. The fraction of sp³-hybridized carbons (Fsp3) is 0.450. The summed E-state index contributed by atoms with van der Waals surface area (Å²) in [5, 5.41) is 7.39. The van der Waals surface area contributed by atoms with Gasteiger partial charge in [0.05, 0.1) is 5.69 Å². The lowest BCUT2D eigenvalue weighted by Crippen LogP contribution is -2.26. The normalized spacial score (nSPS) is 14.1. The molecule has 1 aromatic carbocycles. The molecule has 1 fully saturated rings. The van der Waals surface area contributed by atoms with Crippen molar-refractivity contribution in [1.82, 2.24) is 20.0 Å². The van der Waals surface area contributed by atoms with Crippen LogP contribution in [0, 0.1) is 13.8 Å². The van der Waals surface area contributed by atoms with Crippen LogP contribution in [-0.2, 0) is 17.9 Å². The van der Waals surface area contributed by atoms with Gasteiger partial charge in [-0.3, -0.25) is 14.3 Å². The highest BCUT2D eigenvalue weighted by molar-refractivity contribution is 5.94. The number of likely N-dealkylation sites (tertiary alicyclic amines) is 1. The third-order valence-electron chi connectivity index (χ3n) is 4.67. The summed E-state index contributed by atoms with van der Waals surface area (Å²) in [5.41, 5.74) is 3.79. The number of nitrogens with one attached hydrogen (secondary N) is 1. The summed E-state index contributed by atoms with van der Waals surface area (Å²) in [4.78, 5) is 26.0. The van der Waals surface area contributed by atoms with Crippen LogP contribution in [-0.4, -0.2) is 39.6 Å². The molecule has 2 amide bonds. The van der Waals surface area contributed by atoms with Crippen molar-refractivity contribution in [3.63, 3.8) is 0 Å². The summed E-state index contributed by atoms with van der Waals surface area (Å²) in [6.45, 7) is 6.80. The number of aryl methyl sites for hydroxylation is 3. The molecule has 6 nitrogen and oxygen atoms in total. The Kier molecular flexibility index (Phi) is 5.71. The monoisotopic (exact) mass is 354 g/mol. The Morgan fingerprint density at radius 1 is 1.27 bits per heavy atom. The maximum absolute atomic E-state index is 12.4. The van der Waals surface area contributed by atoms with Gasteiger partial charge in [0, 0.05) is 43.9 Å². The van der Waals surface area contributed by atoms with Gasteiger partial charge in [-0.15, -0.1) is 0 Å². The van der Waals surface area contributed by atoms with Gasteiger partial charge in [0.1, 0.15) is 0 Å². The topological polar surface area (TPSA) is 67.2 Å². The summed E-state index contributed by atoms with van der Waals surface area (Å²) in [6, 6.07) is 9.58. The third-order valence-corrected chi connectivity index (χ3v) is 4.67. The molecule has 1 saturated heterocycles. The molecule has 0 unspecified atom stereocenters. The molecular weight excluding hydrogens is 328 g/mol. The number of hydrogen-bond donors (Lipinski definition) is 1. The Morgan fingerprint density at radius 2 is 2.12 bits per heavy atom. The zero-order valence-electron chi connectivity index (χ0n) is 15.5. The van der Waals surface area contributed by atoms with E-state index in [9.17, 15) is 9.59 Å². The minimum Gasteiger partial charge on any atom is -0.352 e. The molecular formula is C20H26N4O2. The van der Waals surface area contributed by atoms with Gasteiger partial charge >= 0.3 is 0 Å². The van der Waals surface area contributed by atoms with Crippen LogP contribution in [0.25, 0.3) is 0 Å². The second-order valence-corrected chi connectivity index (χ2v) is 6.88. The van der Waals surface area contributed by atoms with Crippen molar-refractivity contribution in [2.45, 2.75) is 46.2 Å². The first-order chi connectivity index (χ1) is 12.5. The number of rotatable bonds is 7. The Morgan fingerprint density at radius 3 is 2.81 bits per heavy atom. The second-order valence-electron chi connectivity index (χ2n) is 6.88. The van der Waals surface area contributed by atoms with E-state index in [1.165, 1.54) is 0 Å². The molecule has 0 atom stereocenters. The summed E-state index contributed by atoms with van der Waals surface area (Å²) in [6.07, 6.45) is 2.39. The minimum absolute atomic E-state index is 0.0760. The quantitative estimate of drug-likeness (QED) is 0.777. The van der Waals surface area contributed by atoms with Gasteiger partial charge in [-0.1, -0.05) is 12.1 Å². The molecule has 0 spiro atoms. The number of benzene rings is 1. The Hall–Kier alpha value is -2.63. The Balaban J connectivity index is 1.49. The van der Waals surface area contributed by atoms with E-state index in [-0.39, 0.29) is 11.8 Å². The summed E-state index contributed by atoms with van der Waals surface area (Å²) in [5.74, 6) is 0.122. The highest BCUT2D eigenvalue weighted by Crippen LogP contribution is 2.15. The number of nitrogens with zero attached hydrogens (tertiary/aromatic N) is 3. The number of carbonyl (C=O) groups excluding carboxylic acids is 2. The molecule has 2 aromatic rings. The molecule has 0 bridgehead atoms. The molecule has 2 heterocycles. The molecule has 1 N–H and O–H groups in total. The van der Waals surface area contributed by atoms with Crippen LogP contribution in [0.15, 0.2) is 30.3 Å². The first-order valence-electron chi connectivity index (χ1n) is 9.19. The van der Waals surface area contributed by atoms with Crippen molar-refractivity contribution in [2.75, 3.05) is 13.1 Å². The number of amides is 2. The van der Waals surface area contributed by atoms with Gasteiger partial charge in [-0.05, 0) is 50.5 Å². The van der Waals surface area contributed by atoms with E-state index in [4.69, 9.17) is 0 Å². The standard InChI is InChI=1S/C20H26N4O2/c1-15-12-16(2)24(22-15)11-5-9-21-20(26)18-7-3-6-17(13-18)14-23-10-4-8-19(23)25/h3,6-7,12-13H,4-5,8-11,14H2,1-2H3,(H,21,26). The molecule has 26 heavy (non-hydrogen) atoms. The first kappa shape index (κ1) is 18.2. The SMILES string of the molecule is Cc1cc(C)n(CCCNC(=O)c2cccc(CN3CCCC3=O)c2)n1. The van der Waals surface area contributed by atoms with Crippen LogP contribution in [0.2, 0.25) is 0 Å². The molecule has 3 rings (SSSR count). The molecule has 1 aromatic heterocycles. The first-order valence-corrected chi connectivity index (χ1v) is 9.19. The van der Waals surface area contributed by atoms with Crippen LogP contribution in [0.4, 0.5) is 0 Å². The fourth-order valence-corrected chi connectivity index (χ4v) is 3.34. The Labute approximate surface area is 154 Å². The summed E-state index contributed by atoms with van der Waals surface area (Å²) in [7, 11) is 0. The highest BCUT2D eigenvalue weighted by Gasteiger charge is 2.20. The van der Waals surface area contributed by atoms with Crippen molar-refractivity contribution in [1.29, 1.82) is 0 Å². The van der Waals surface area contributed by atoms with Gasteiger partial charge in [-0.2, -0.15) is 5.10 Å². The summed E-state index contributed by atoms with van der Waals surface area (Å²) < 4.78 is 1.97. The van der Waals surface area contributed by atoms with E-state index in [1.807, 2.05) is 47.7 Å². The van der Waals surface area contributed by atoms with E-state index in [1.54, 1.807) is 0 Å².